The fourth-order valence-corrected chi connectivity index (χ4v) is 2.40. The minimum Gasteiger partial charge on any atom is -0.508 e. The molecule has 112 valence electrons. The van der Waals surface area contributed by atoms with Gasteiger partial charge in [0.2, 0.25) is 0 Å². The van der Waals surface area contributed by atoms with Crippen LogP contribution in [0.1, 0.15) is 22.8 Å². The zero-order valence-electron chi connectivity index (χ0n) is 11.9. The third-order valence-electron chi connectivity index (χ3n) is 3.51. The van der Waals surface area contributed by atoms with Gasteiger partial charge in [0.15, 0.2) is 6.10 Å². The molecule has 0 bridgehead atoms. The topological polar surface area (TPSA) is 70.9 Å². The molecule has 1 heterocycles. The lowest BCUT2D eigenvalue weighted by Gasteiger charge is -2.24. The average molecular weight is 296 g/mol. The van der Waals surface area contributed by atoms with E-state index in [1.165, 1.54) is 6.21 Å². The van der Waals surface area contributed by atoms with E-state index in [-0.39, 0.29) is 11.7 Å². The first-order valence-corrected chi connectivity index (χ1v) is 7.05. The second-order valence-electron chi connectivity index (χ2n) is 5.03. The molecule has 0 spiro atoms. The number of fused-ring (bicyclic) bond motifs is 1. The Morgan fingerprint density at radius 2 is 2.00 bits per heavy atom. The molecular weight excluding hydrogens is 280 g/mol. The van der Waals surface area contributed by atoms with E-state index >= 15 is 0 Å². The van der Waals surface area contributed by atoms with Crippen molar-refractivity contribution >= 4 is 12.1 Å². The summed E-state index contributed by atoms with van der Waals surface area (Å²) in [4.78, 5) is 12.2. The monoisotopic (exact) mass is 296 g/mol. The zero-order valence-corrected chi connectivity index (χ0v) is 11.9. The maximum absolute atomic E-state index is 12.2. The quantitative estimate of drug-likeness (QED) is 0.673. The van der Waals surface area contributed by atoms with Gasteiger partial charge in [-0.1, -0.05) is 24.3 Å². The lowest BCUT2D eigenvalue weighted by Crippen LogP contribution is -2.31. The lowest BCUT2D eigenvalue weighted by atomic mass is 9.97. The lowest BCUT2D eigenvalue weighted by molar-refractivity contribution is -0.134. The standard InChI is InChI=1S/C17H16N2O3/c20-14-7-5-12(6-8-14)11-18-19-17(21)16-15-4-2-1-3-13(15)9-10-22-16/h1-8,11,16,20H,9-10H2,(H,19,21). The number of carbonyl (C=O) groups excluding carboxylic acids is 1. The largest absolute Gasteiger partial charge is 0.508 e. The van der Waals surface area contributed by atoms with E-state index in [0.29, 0.717) is 6.61 Å². The molecule has 1 atom stereocenters. The van der Waals surface area contributed by atoms with Crippen molar-refractivity contribution < 1.29 is 14.6 Å². The van der Waals surface area contributed by atoms with Crippen molar-refractivity contribution in [2.45, 2.75) is 12.5 Å². The Bertz CT molecular complexity index is 695. The van der Waals surface area contributed by atoms with Crippen LogP contribution in [-0.2, 0) is 16.0 Å². The van der Waals surface area contributed by atoms with Gasteiger partial charge >= 0.3 is 0 Å². The van der Waals surface area contributed by atoms with Gasteiger partial charge < -0.3 is 9.84 Å². The van der Waals surface area contributed by atoms with Gasteiger partial charge in [-0.15, -0.1) is 0 Å². The number of ether oxygens (including phenoxy) is 1. The number of rotatable bonds is 3. The van der Waals surface area contributed by atoms with E-state index in [9.17, 15) is 9.90 Å². The van der Waals surface area contributed by atoms with Gasteiger partial charge in [-0.25, -0.2) is 5.43 Å². The van der Waals surface area contributed by atoms with E-state index in [1.807, 2.05) is 24.3 Å². The van der Waals surface area contributed by atoms with E-state index in [0.717, 1.165) is 23.1 Å². The van der Waals surface area contributed by atoms with E-state index < -0.39 is 6.10 Å². The third kappa shape index (κ3) is 3.15. The fraction of sp³-hybridized carbons (Fsp3) is 0.176. The summed E-state index contributed by atoms with van der Waals surface area (Å²) >= 11 is 0. The van der Waals surface area contributed by atoms with Crippen LogP contribution in [0.25, 0.3) is 0 Å². The smallest absolute Gasteiger partial charge is 0.273 e. The molecule has 1 unspecified atom stereocenters. The summed E-state index contributed by atoms with van der Waals surface area (Å²) in [6, 6.07) is 14.3. The molecule has 5 nitrogen and oxygen atoms in total. The number of aromatic hydroxyl groups is 1. The van der Waals surface area contributed by atoms with Gasteiger partial charge in [0.25, 0.3) is 5.91 Å². The van der Waals surface area contributed by atoms with Crippen LogP contribution in [0.4, 0.5) is 0 Å². The van der Waals surface area contributed by atoms with Crippen LogP contribution >= 0.6 is 0 Å². The molecule has 0 aromatic heterocycles. The molecular formula is C17H16N2O3. The number of phenols is 1. The number of nitrogens with one attached hydrogen (secondary N) is 1. The maximum Gasteiger partial charge on any atom is 0.273 e. The summed E-state index contributed by atoms with van der Waals surface area (Å²) in [5, 5.41) is 13.1. The summed E-state index contributed by atoms with van der Waals surface area (Å²) in [5.41, 5.74) is 5.31. The molecule has 0 saturated heterocycles. The maximum atomic E-state index is 12.2. The minimum atomic E-state index is -0.623. The summed E-state index contributed by atoms with van der Waals surface area (Å²) in [6.45, 7) is 0.525. The Balaban J connectivity index is 1.67. The van der Waals surface area contributed by atoms with E-state index in [4.69, 9.17) is 4.74 Å². The number of nitrogens with zero attached hydrogens (tertiary/aromatic N) is 1. The van der Waals surface area contributed by atoms with Crippen molar-refractivity contribution in [1.82, 2.24) is 5.43 Å². The van der Waals surface area contributed by atoms with Crippen LogP contribution in [0.3, 0.4) is 0 Å². The number of phenolic OH excluding ortho intramolecular Hbond substituents is 1. The SMILES string of the molecule is O=C(NN=Cc1ccc(O)cc1)C1OCCc2ccccc21. The van der Waals surface area contributed by atoms with Crippen molar-refractivity contribution in [3.8, 4) is 5.75 Å². The predicted octanol–water partition coefficient (Wildman–Crippen LogP) is 2.16. The van der Waals surface area contributed by atoms with Crippen LogP contribution in [0.5, 0.6) is 5.75 Å². The van der Waals surface area contributed by atoms with Crippen LogP contribution in [0.15, 0.2) is 53.6 Å². The number of hydrogen-bond donors (Lipinski definition) is 2. The number of hydrazone groups is 1. The van der Waals surface area contributed by atoms with E-state index in [2.05, 4.69) is 10.5 Å². The molecule has 0 radical (unpaired) electrons. The second kappa shape index (κ2) is 6.41. The molecule has 1 aliphatic heterocycles. The molecule has 1 aliphatic rings. The van der Waals surface area contributed by atoms with Gasteiger partial charge in [0.1, 0.15) is 5.75 Å². The average Bonchev–Trinajstić information content (AvgIpc) is 2.56. The second-order valence-corrected chi connectivity index (χ2v) is 5.03. The normalized spacial score (nSPS) is 17.2. The Labute approximate surface area is 128 Å². The third-order valence-corrected chi connectivity index (χ3v) is 3.51. The summed E-state index contributed by atoms with van der Waals surface area (Å²) in [7, 11) is 0. The Morgan fingerprint density at radius 1 is 1.23 bits per heavy atom. The van der Waals surface area contributed by atoms with Crippen LogP contribution in [0.2, 0.25) is 0 Å². The highest BCUT2D eigenvalue weighted by Gasteiger charge is 2.26. The first-order chi connectivity index (χ1) is 10.7. The molecule has 0 saturated carbocycles. The molecule has 1 amide bonds. The molecule has 2 aromatic carbocycles. The van der Waals surface area contributed by atoms with Gasteiger partial charge in [-0.3, -0.25) is 4.79 Å². The minimum absolute atomic E-state index is 0.188. The number of hydrogen-bond acceptors (Lipinski definition) is 4. The highest BCUT2D eigenvalue weighted by atomic mass is 16.5. The fourth-order valence-electron chi connectivity index (χ4n) is 2.40. The molecule has 0 fully saturated rings. The van der Waals surface area contributed by atoms with Gasteiger partial charge in [-0.2, -0.15) is 5.10 Å². The number of carbonyl (C=O) groups is 1. The highest BCUT2D eigenvalue weighted by molar-refractivity contribution is 5.85. The molecule has 22 heavy (non-hydrogen) atoms. The summed E-state index contributed by atoms with van der Waals surface area (Å²) < 4.78 is 5.57. The van der Waals surface area contributed by atoms with Crippen molar-refractivity contribution in [1.29, 1.82) is 0 Å². The van der Waals surface area contributed by atoms with Crippen LogP contribution in [-0.4, -0.2) is 23.8 Å². The molecule has 5 heteroatoms. The number of amides is 1. The van der Waals surface area contributed by atoms with Crippen molar-refractivity contribution in [3.63, 3.8) is 0 Å². The van der Waals surface area contributed by atoms with E-state index in [1.54, 1.807) is 24.3 Å². The Kier molecular flexibility index (Phi) is 4.16. The van der Waals surface area contributed by atoms with Crippen LogP contribution < -0.4 is 5.43 Å². The Morgan fingerprint density at radius 3 is 2.82 bits per heavy atom. The molecule has 0 aliphatic carbocycles. The summed E-state index contributed by atoms with van der Waals surface area (Å²) in [5.74, 6) is -0.101. The Hall–Kier alpha value is -2.66. The number of benzene rings is 2. The van der Waals surface area contributed by atoms with Crippen LogP contribution in [0, 0.1) is 0 Å². The zero-order chi connectivity index (χ0) is 15.4. The first kappa shape index (κ1) is 14.3. The van der Waals surface area contributed by atoms with Gasteiger partial charge in [0, 0.05) is 0 Å². The first-order valence-electron chi connectivity index (χ1n) is 7.05. The summed E-state index contributed by atoms with van der Waals surface area (Å²) in [6.07, 6.45) is 1.71. The highest BCUT2D eigenvalue weighted by Crippen LogP contribution is 2.26. The van der Waals surface area contributed by atoms with Crippen molar-refractivity contribution in [2.24, 2.45) is 5.10 Å². The molecule has 2 N–H and O–H groups in total. The predicted molar refractivity (Wildman–Crippen MR) is 82.7 cm³/mol. The van der Waals surface area contributed by atoms with Gasteiger partial charge in [-0.05, 0) is 47.4 Å². The molecule has 2 aromatic rings. The van der Waals surface area contributed by atoms with Crippen molar-refractivity contribution in [3.05, 3.63) is 65.2 Å². The molecule has 3 rings (SSSR count). The van der Waals surface area contributed by atoms with Gasteiger partial charge in [0.05, 0.1) is 12.8 Å². The van der Waals surface area contributed by atoms with Crippen molar-refractivity contribution in [2.75, 3.05) is 6.61 Å².